The zero-order chi connectivity index (χ0) is 26.3. The van der Waals surface area contributed by atoms with Gasteiger partial charge in [-0.15, -0.1) is 71.3 Å². The summed E-state index contributed by atoms with van der Waals surface area (Å²) in [7, 11) is 0. The summed E-state index contributed by atoms with van der Waals surface area (Å²) in [6.45, 7) is 8.25. The Kier molecular flexibility index (Phi) is 9.54. The van der Waals surface area contributed by atoms with E-state index in [0.717, 1.165) is 28.1 Å². The van der Waals surface area contributed by atoms with Crippen LogP contribution in [0.25, 0.3) is 22.5 Å². The van der Waals surface area contributed by atoms with Gasteiger partial charge >= 0.3 is 0 Å². The van der Waals surface area contributed by atoms with Crippen molar-refractivity contribution in [2.24, 2.45) is 0 Å². The standard InChI is InChI=1S/C20H18N.C14H14N.Ir/c1-20(2,17-11-7-4-8-12-17)18-13-14-21-19(15-18)16-9-5-3-6-10-16;1-11(2)12-6-5-7-13(10-12)14-8-3-4-9-15-14;/h3-9,11-15H,1-2H3;3-6,8-11H,1-2H3;/q2*-1;/i;11D;. The molecule has 1 radical (unpaired) electrons. The summed E-state index contributed by atoms with van der Waals surface area (Å²) in [6, 6.07) is 40.8. The number of hydrogen-bond donors (Lipinski definition) is 0. The molecule has 0 amide bonds. The number of hydrogen-bond acceptors (Lipinski definition) is 2. The van der Waals surface area contributed by atoms with Crippen molar-refractivity contribution in [3.05, 3.63) is 144 Å². The zero-order valence-corrected chi connectivity index (χ0v) is 24.1. The molecule has 0 unspecified atom stereocenters. The van der Waals surface area contributed by atoms with Crippen molar-refractivity contribution in [2.45, 2.75) is 39.0 Å². The monoisotopic (exact) mass is 662 g/mol. The van der Waals surface area contributed by atoms with Crippen LogP contribution in [0.3, 0.4) is 0 Å². The molecule has 0 aliphatic heterocycles. The van der Waals surface area contributed by atoms with Crippen LogP contribution in [0.4, 0.5) is 0 Å². The molecular formula is C34H32IrN2-2. The Labute approximate surface area is 236 Å². The molecule has 0 saturated carbocycles. The molecule has 3 aromatic carbocycles. The molecule has 0 atom stereocenters. The third kappa shape index (κ3) is 7.32. The van der Waals surface area contributed by atoms with Crippen LogP contribution in [0.15, 0.2) is 116 Å². The van der Waals surface area contributed by atoms with E-state index < -0.39 is 5.89 Å². The summed E-state index contributed by atoms with van der Waals surface area (Å²) in [6.07, 6.45) is 3.65. The third-order valence-electron chi connectivity index (χ3n) is 6.28. The number of nitrogens with zero attached hydrogens (tertiary/aromatic N) is 2. The van der Waals surface area contributed by atoms with Crippen molar-refractivity contribution in [1.29, 1.82) is 0 Å². The fourth-order valence-electron chi connectivity index (χ4n) is 3.99. The Bertz CT molecular complexity index is 1410. The fraction of sp³-hybridized carbons (Fsp3) is 0.176. The maximum atomic E-state index is 8.00. The minimum absolute atomic E-state index is 0. The van der Waals surface area contributed by atoms with Crippen LogP contribution in [0, 0.1) is 12.1 Å². The van der Waals surface area contributed by atoms with Gasteiger partial charge in [0.1, 0.15) is 0 Å². The van der Waals surface area contributed by atoms with Crippen LogP contribution in [0.5, 0.6) is 0 Å². The van der Waals surface area contributed by atoms with Gasteiger partial charge in [0, 0.05) is 39.3 Å². The van der Waals surface area contributed by atoms with Crippen LogP contribution in [-0.4, -0.2) is 9.97 Å². The van der Waals surface area contributed by atoms with E-state index in [1.807, 2.05) is 80.7 Å². The van der Waals surface area contributed by atoms with E-state index in [2.05, 4.69) is 78.4 Å². The van der Waals surface area contributed by atoms with Gasteiger partial charge in [-0.1, -0.05) is 76.2 Å². The van der Waals surface area contributed by atoms with Gasteiger partial charge in [-0.3, -0.25) is 0 Å². The average molecular weight is 662 g/mol. The summed E-state index contributed by atoms with van der Waals surface area (Å²) in [5.74, 6) is -0.585. The molecule has 2 nitrogen and oxygen atoms in total. The molecule has 5 rings (SSSR count). The summed E-state index contributed by atoms with van der Waals surface area (Å²) in [5, 5.41) is 0. The fourth-order valence-corrected chi connectivity index (χ4v) is 3.99. The van der Waals surface area contributed by atoms with Crippen molar-refractivity contribution in [1.82, 2.24) is 9.97 Å². The van der Waals surface area contributed by atoms with Crippen LogP contribution in [0.1, 0.15) is 51.7 Å². The third-order valence-corrected chi connectivity index (χ3v) is 6.28. The maximum absolute atomic E-state index is 8.00. The van der Waals surface area contributed by atoms with Gasteiger partial charge in [-0.2, -0.15) is 0 Å². The van der Waals surface area contributed by atoms with Crippen LogP contribution in [0.2, 0.25) is 0 Å². The van der Waals surface area contributed by atoms with Crippen molar-refractivity contribution < 1.29 is 21.5 Å². The van der Waals surface area contributed by atoms with E-state index in [-0.39, 0.29) is 25.5 Å². The minimum Gasteiger partial charge on any atom is -0.305 e. The smallest absolute Gasteiger partial charge is 0.0330 e. The van der Waals surface area contributed by atoms with Crippen molar-refractivity contribution in [2.75, 3.05) is 0 Å². The summed E-state index contributed by atoms with van der Waals surface area (Å²) >= 11 is 0. The van der Waals surface area contributed by atoms with E-state index in [1.165, 1.54) is 11.1 Å². The van der Waals surface area contributed by atoms with E-state index in [9.17, 15) is 0 Å². The van der Waals surface area contributed by atoms with Crippen LogP contribution < -0.4 is 0 Å². The second kappa shape index (κ2) is 13.2. The predicted octanol–water partition coefficient (Wildman–Crippen LogP) is 8.54. The summed E-state index contributed by atoms with van der Waals surface area (Å²) < 4.78 is 8.00. The first-order valence-electron chi connectivity index (χ1n) is 12.7. The Balaban J connectivity index is 0.000000213. The molecule has 0 N–H and O–H groups in total. The molecule has 0 saturated heterocycles. The summed E-state index contributed by atoms with van der Waals surface area (Å²) in [4.78, 5) is 8.77. The molecule has 5 aromatic rings. The van der Waals surface area contributed by atoms with Gasteiger partial charge in [0.05, 0.1) is 0 Å². The van der Waals surface area contributed by atoms with Gasteiger partial charge in [-0.25, -0.2) is 0 Å². The SMILES string of the molecule is CC(C)(c1ccccc1)c1ccnc(-c2[c-]cccc2)c1.[2H]C(C)(C)c1cc[c-]c(-c2ccccn2)c1.[Ir]. The zero-order valence-electron chi connectivity index (χ0n) is 22.7. The quantitative estimate of drug-likeness (QED) is 0.177. The molecule has 189 valence electrons. The molecule has 2 heterocycles. The summed E-state index contributed by atoms with van der Waals surface area (Å²) in [5.41, 5.74) is 7.34. The second-order valence-electron chi connectivity index (χ2n) is 9.40. The molecule has 3 heteroatoms. The Hall–Kier alpha value is -3.39. The Morgan fingerprint density at radius 1 is 0.676 bits per heavy atom. The van der Waals surface area contributed by atoms with Gasteiger partial charge in [0.2, 0.25) is 0 Å². The topological polar surface area (TPSA) is 25.8 Å². The number of benzene rings is 3. The van der Waals surface area contributed by atoms with Crippen molar-refractivity contribution >= 4 is 0 Å². The van der Waals surface area contributed by atoms with Crippen LogP contribution >= 0.6 is 0 Å². The molecule has 2 aromatic heterocycles. The normalized spacial score (nSPS) is 11.4. The number of aromatic nitrogens is 2. The average Bonchev–Trinajstić information content (AvgIpc) is 2.94. The Morgan fingerprint density at radius 3 is 2.05 bits per heavy atom. The second-order valence-corrected chi connectivity index (χ2v) is 9.40. The van der Waals surface area contributed by atoms with E-state index in [0.29, 0.717) is 0 Å². The molecule has 0 spiro atoms. The Morgan fingerprint density at radius 2 is 1.38 bits per heavy atom. The van der Waals surface area contributed by atoms with E-state index in [1.54, 1.807) is 6.20 Å². The molecular weight excluding hydrogens is 629 g/mol. The maximum Gasteiger partial charge on any atom is 0.0330 e. The first kappa shape index (κ1) is 26.7. The molecule has 0 aliphatic carbocycles. The molecule has 0 fully saturated rings. The van der Waals surface area contributed by atoms with E-state index in [4.69, 9.17) is 1.37 Å². The van der Waals surface area contributed by atoms with Gasteiger partial charge < -0.3 is 9.97 Å². The largest absolute Gasteiger partial charge is 0.305 e. The van der Waals surface area contributed by atoms with Gasteiger partial charge in [0.15, 0.2) is 0 Å². The van der Waals surface area contributed by atoms with Gasteiger partial charge in [0.25, 0.3) is 0 Å². The van der Waals surface area contributed by atoms with Crippen molar-refractivity contribution in [3.63, 3.8) is 0 Å². The van der Waals surface area contributed by atoms with E-state index >= 15 is 0 Å². The molecule has 0 aliphatic rings. The van der Waals surface area contributed by atoms with Crippen LogP contribution in [-0.2, 0) is 25.5 Å². The predicted molar refractivity (Wildman–Crippen MR) is 150 cm³/mol. The minimum atomic E-state index is -0.585. The first-order valence-corrected chi connectivity index (χ1v) is 12.2. The van der Waals surface area contributed by atoms with Gasteiger partial charge in [-0.05, 0) is 40.5 Å². The van der Waals surface area contributed by atoms with Crippen molar-refractivity contribution in [3.8, 4) is 22.5 Å². The number of rotatable bonds is 5. The number of pyridine rings is 2. The molecule has 0 bridgehead atoms. The molecule has 37 heavy (non-hydrogen) atoms. The first-order chi connectivity index (χ1) is 17.7.